The van der Waals surface area contributed by atoms with E-state index in [1.54, 1.807) is 20.8 Å². The summed E-state index contributed by atoms with van der Waals surface area (Å²) in [4.78, 5) is 11.8. The van der Waals surface area contributed by atoms with Crippen LogP contribution in [0.3, 0.4) is 0 Å². The topological polar surface area (TPSA) is 59.6 Å². The van der Waals surface area contributed by atoms with Crippen molar-refractivity contribution < 1.29 is 18.7 Å². The summed E-state index contributed by atoms with van der Waals surface area (Å²) in [6.45, 7) is 10.3. The van der Waals surface area contributed by atoms with Crippen LogP contribution in [0.25, 0.3) is 0 Å². The molecule has 2 N–H and O–H groups in total. The highest BCUT2D eigenvalue weighted by Gasteiger charge is 2.18. The molecule has 0 bridgehead atoms. The van der Waals surface area contributed by atoms with Crippen molar-refractivity contribution in [3.05, 3.63) is 24.0 Å². The van der Waals surface area contributed by atoms with E-state index in [9.17, 15) is 9.18 Å². The number of ether oxygens (including phenoxy) is 2. The molecule has 5 nitrogen and oxygen atoms in total. The molecule has 0 aliphatic heterocycles. The first-order valence-electron chi connectivity index (χ1n) is 7.35. The van der Waals surface area contributed by atoms with E-state index in [1.165, 1.54) is 18.2 Å². The molecule has 0 heterocycles. The fraction of sp³-hybridized carbons (Fsp3) is 0.562. The Hall–Kier alpha value is -1.82. The zero-order valence-corrected chi connectivity index (χ0v) is 13.8. The molecule has 0 aliphatic carbocycles. The van der Waals surface area contributed by atoms with Crippen molar-refractivity contribution in [1.29, 1.82) is 0 Å². The first-order chi connectivity index (χ1) is 10.2. The molecule has 0 saturated carbocycles. The highest BCUT2D eigenvalue weighted by Crippen LogP contribution is 2.24. The molecule has 124 valence electrons. The van der Waals surface area contributed by atoms with Crippen LogP contribution in [-0.2, 0) is 9.47 Å². The molecule has 1 unspecified atom stereocenters. The molecule has 1 atom stereocenters. The van der Waals surface area contributed by atoms with E-state index in [0.717, 1.165) is 0 Å². The third kappa shape index (κ3) is 6.76. The predicted molar refractivity (Wildman–Crippen MR) is 85.8 cm³/mol. The van der Waals surface area contributed by atoms with Crippen molar-refractivity contribution in [2.75, 3.05) is 23.8 Å². The van der Waals surface area contributed by atoms with Crippen LogP contribution < -0.4 is 10.6 Å². The highest BCUT2D eigenvalue weighted by molar-refractivity contribution is 5.89. The highest BCUT2D eigenvalue weighted by atomic mass is 19.1. The molecular weight excluding hydrogens is 287 g/mol. The average Bonchev–Trinajstić information content (AvgIpc) is 2.37. The molecule has 1 rings (SSSR count). The smallest absolute Gasteiger partial charge is 0.412 e. The van der Waals surface area contributed by atoms with E-state index in [0.29, 0.717) is 24.6 Å². The standard InChI is InChI=1S/C16H25FN2O3/c1-6-21-10-11(2)18-14-9-12(17)7-8-13(14)19-15(20)22-16(3,4)5/h7-9,11,18H,6,10H2,1-5H3,(H,19,20). The summed E-state index contributed by atoms with van der Waals surface area (Å²) in [5.41, 5.74) is 0.344. The number of benzene rings is 1. The normalized spacial score (nSPS) is 12.6. The summed E-state index contributed by atoms with van der Waals surface area (Å²) in [7, 11) is 0. The summed E-state index contributed by atoms with van der Waals surface area (Å²) in [5.74, 6) is -0.388. The molecule has 0 fully saturated rings. The summed E-state index contributed by atoms with van der Waals surface area (Å²) in [5, 5.41) is 5.74. The number of carbonyl (C=O) groups is 1. The van der Waals surface area contributed by atoms with Crippen molar-refractivity contribution in [2.45, 2.75) is 46.3 Å². The van der Waals surface area contributed by atoms with Gasteiger partial charge < -0.3 is 14.8 Å². The molecule has 1 aromatic rings. The van der Waals surface area contributed by atoms with E-state index in [2.05, 4.69) is 10.6 Å². The van der Waals surface area contributed by atoms with Crippen molar-refractivity contribution in [1.82, 2.24) is 0 Å². The molecule has 1 amide bonds. The first kappa shape index (κ1) is 18.2. The molecule has 1 aromatic carbocycles. The number of amides is 1. The van der Waals surface area contributed by atoms with Crippen LogP contribution in [-0.4, -0.2) is 30.9 Å². The van der Waals surface area contributed by atoms with E-state index in [1.807, 2.05) is 13.8 Å². The van der Waals surface area contributed by atoms with Gasteiger partial charge in [-0.05, 0) is 52.8 Å². The number of hydrogen-bond donors (Lipinski definition) is 2. The maximum atomic E-state index is 13.4. The van der Waals surface area contributed by atoms with Gasteiger partial charge in [0, 0.05) is 12.6 Å². The van der Waals surface area contributed by atoms with Gasteiger partial charge in [0.05, 0.1) is 18.0 Å². The summed E-state index contributed by atoms with van der Waals surface area (Å²) < 4.78 is 24.0. The fourth-order valence-electron chi connectivity index (χ4n) is 1.76. The average molecular weight is 312 g/mol. The van der Waals surface area contributed by atoms with Crippen LogP contribution in [0.1, 0.15) is 34.6 Å². The van der Waals surface area contributed by atoms with Gasteiger partial charge in [-0.15, -0.1) is 0 Å². The second-order valence-electron chi connectivity index (χ2n) is 6.02. The maximum absolute atomic E-state index is 13.4. The van der Waals surface area contributed by atoms with Crippen LogP contribution in [0.2, 0.25) is 0 Å². The Kier molecular flexibility index (Phi) is 6.61. The number of halogens is 1. The Morgan fingerprint density at radius 2 is 2.00 bits per heavy atom. The first-order valence-corrected chi connectivity index (χ1v) is 7.35. The SMILES string of the molecule is CCOCC(C)Nc1cc(F)ccc1NC(=O)OC(C)(C)C. The van der Waals surface area contributed by atoms with Crippen LogP contribution in [0.5, 0.6) is 0 Å². The van der Waals surface area contributed by atoms with Gasteiger partial charge in [-0.3, -0.25) is 5.32 Å². The lowest BCUT2D eigenvalue weighted by Gasteiger charge is -2.22. The number of rotatable bonds is 6. The minimum Gasteiger partial charge on any atom is -0.444 e. The molecule has 6 heteroatoms. The molecule has 0 spiro atoms. The van der Waals surface area contributed by atoms with Crippen LogP contribution in [0.15, 0.2) is 18.2 Å². The maximum Gasteiger partial charge on any atom is 0.412 e. The number of nitrogens with one attached hydrogen (secondary N) is 2. The van der Waals surface area contributed by atoms with Crippen molar-refractivity contribution >= 4 is 17.5 Å². The molecule has 22 heavy (non-hydrogen) atoms. The Morgan fingerprint density at radius 3 is 2.59 bits per heavy atom. The molecule has 0 aromatic heterocycles. The summed E-state index contributed by atoms with van der Waals surface area (Å²) in [6.07, 6.45) is -0.584. The van der Waals surface area contributed by atoms with Crippen LogP contribution in [0, 0.1) is 5.82 Å². The third-order valence-corrected chi connectivity index (χ3v) is 2.59. The lowest BCUT2D eigenvalue weighted by Crippen LogP contribution is -2.28. The van der Waals surface area contributed by atoms with E-state index in [4.69, 9.17) is 9.47 Å². The fourth-order valence-corrected chi connectivity index (χ4v) is 1.76. The Morgan fingerprint density at radius 1 is 1.32 bits per heavy atom. The lowest BCUT2D eigenvalue weighted by atomic mass is 10.2. The minimum absolute atomic E-state index is 0.0269. The largest absolute Gasteiger partial charge is 0.444 e. The molecule has 0 saturated heterocycles. The van der Waals surface area contributed by atoms with Crippen molar-refractivity contribution in [3.63, 3.8) is 0 Å². The molecule has 0 radical (unpaired) electrons. The van der Waals surface area contributed by atoms with Gasteiger partial charge in [-0.25, -0.2) is 9.18 Å². The summed E-state index contributed by atoms with van der Waals surface area (Å²) >= 11 is 0. The summed E-state index contributed by atoms with van der Waals surface area (Å²) in [6, 6.07) is 4.08. The van der Waals surface area contributed by atoms with Gasteiger partial charge in [0.2, 0.25) is 0 Å². The Labute approximate surface area is 131 Å². The van der Waals surface area contributed by atoms with Gasteiger partial charge in [-0.1, -0.05) is 0 Å². The minimum atomic E-state index is -0.597. The quantitative estimate of drug-likeness (QED) is 0.833. The van der Waals surface area contributed by atoms with Crippen molar-refractivity contribution in [2.24, 2.45) is 0 Å². The predicted octanol–water partition coefficient (Wildman–Crippen LogP) is 4.01. The van der Waals surface area contributed by atoms with Crippen LogP contribution in [0.4, 0.5) is 20.6 Å². The zero-order valence-electron chi connectivity index (χ0n) is 13.8. The van der Waals surface area contributed by atoms with Gasteiger partial charge in [-0.2, -0.15) is 0 Å². The van der Waals surface area contributed by atoms with E-state index in [-0.39, 0.29) is 11.9 Å². The number of hydrogen-bond acceptors (Lipinski definition) is 4. The number of anilines is 2. The Balaban J connectivity index is 2.80. The van der Waals surface area contributed by atoms with Crippen LogP contribution >= 0.6 is 0 Å². The van der Waals surface area contributed by atoms with E-state index >= 15 is 0 Å². The van der Waals surface area contributed by atoms with Crippen molar-refractivity contribution in [3.8, 4) is 0 Å². The zero-order chi connectivity index (χ0) is 16.8. The third-order valence-electron chi connectivity index (χ3n) is 2.59. The van der Waals surface area contributed by atoms with Gasteiger partial charge in [0.1, 0.15) is 11.4 Å². The lowest BCUT2D eigenvalue weighted by molar-refractivity contribution is 0.0636. The van der Waals surface area contributed by atoms with Gasteiger partial charge in [0.15, 0.2) is 0 Å². The van der Waals surface area contributed by atoms with Gasteiger partial charge in [0.25, 0.3) is 0 Å². The number of carbonyl (C=O) groups excluding carboxylic acids is 1. The second-order valence-corrected chi connectivity index (χ2v) is 6.02. The molecule has 0 aliphatic rings. The Bertz CT molecular complexity index is 501. The van der Waals surface area contributed by atoms with Gasteiger partial charge >= 0.3 is 6.09 Å². The van der Waals surface area contributed by atoms with E-state index < -0.39 is 11.7 Å². The second kappa shape index (κ2) is 7.98. The monoisotopic (exact) mass is 312 g/mol. The molecular formula is C16H25FN2O3.